The lowest BCUT2D eigenvalue weighted by atomic mass is 10.2. The molecule has 0 fully saturated rings. The Morgan fingerprint density at radius 2 is 1.59 bits per heavy atom. The van der Waals surface area contributed by atoms with Crippen LogP contribution < -0.4 is 0 Å². The van der Waals surface area contributed by atoms with Crippen LogP contribution >= 0.6 is 0 Å². The number of rotatable bonds is 7. The number of hydrogen-bond acceptors (Lipinski definition) is 4. The molecule has 5 nitrogen and oxygen atoms in total. The normalized spacial score (nSPS) is 12.8. The van der Waals surface area contributed by atoms with E-state index >= 15 is 0 Å². The molecule has 7 heteroatoms. The minimum Gasteiger partial charge on any atom is -0.478 e. The first-order chi connectivity index (χ1) is 7.48. The summed E-state index contributed by atoms with van der Waals surface area (Å²) in [7, 11) is 1.43. The Morgan fingerprint density at radius 3 is 1.82 bits per heavy atom. The SMILES string of the molecule is CCC/C(=C(/C)C(=O)O)[Si](OC)(OC)OC.[SiH4]. The smallest absolute Gasteiger partial charge is 0.478 e. The van der Waals surface area contributed by atoms with E-state index < -0.39 is 14.8 Å². The lowest BCUT2D eigenvalue weighted by molar-refractivity contribution is -0.132. The average Bonchev–Trinajstić information content (AvgIpc) is 2.29. The number of carboxylic acid groups (broad SMARTS) is 1. The van der Waals surface area contributed by atoms with Crippen LogP contribution in [0.5, 0.6) is 0 Å². The van der Waals surface area contributed by atoms with E-state index in [4.69, 9.17) is 18.4 Å². The zero-order chi connectivity index (χ0) is 12.8. The van der Waals surface area contributed by atoms with Crippen molar-refractivity contribution in [2.75, 3.05) is 21.3 Å². The fraction of sp³-hybridized carbons (Fsp3) is 0.700. The molecule has 0 rings (SSSR count). The van der Waals surface area contributed by atoms with Gasteiger partial charge >= 0.3 is 14.8 Å². The number of carboxylic acids is 1. The van der Waals surface area contributed by atoms with Crippen LogP contribution in [0.2, 0.25) is 0 Å². The molecular weight excluding hydrogens is 256 g/mol. The molecule has 0 saturated carbocycles. The number of allylic oxidation sites excluding steroid dienone is 1. The molecule has 0 unspecified atom stereocenters. The van der Waals surface area contributed by atoms with Gasteiger partial charge in [-0.1, -0.05) is 13.3 Å². The Morgan fingerprint density at radius 1 is 1.18 bits per heavy atom. The summed E-state index contributed by atoms with van der Waals surface area (Å²) in [6, 6.07) is 0. The quantitative estimate of drug-likeness (QED) is 0.531. The summed E-state index contributed by atoms with van der Waals surface area (Å²) >= 11 is 0. The number of hydrogen-bond donors (Lipinski definition) is 1. The topological polar surface area (TPSA) is 65.0 Å². The first-order valence-corrected chi connectivity index (χ1v) is 6.80. The Hall–Kier alpha value is -0.476. The van der Waals surface area contributed by atoms with Crippen molar-refractivity contribution in [3.63, 3.8) is 0 Å². The van der Waals surface area contributed by atoms with Crippen molar-refractivity contribution < 1.29 is 23.2 Å². The first kappa shape index (κ1) is 18.9. The molecule has 0 aliphatic rings. The van der Waals surface area contributed by atoms with Crippen molar-refractivity contribution in [1.29, 1.82) is 0 Å². The molecule has 0 aromatic carbocycles. The van der Waals surface area contributed by atoms with Gasteiger partial charge in [-0.25, -0.2) is 4.79 Å². The van der Waals surface area contributed by atoms with Crippen LogP contribution in [-0.4, -0.2) is 52.2 Å². The van der Waals surface area contributed by atoms with Gasteiger partial charge in [0.2, 0.25) is 0 Å². The number of carbonyl (C=O) groups is 1. The molecule has 17 heavy (non-hydrogen) atoms. The Bertz CT molecular complexity index is 266. The standard InChI is InChI=1S/C10H20O5Si.H4Si/c1-6-7-9(8(2)10(11)12)16(13-3,14-4)15-5;/h6-7H2,1-5H3,(H,11,12);1H4/b9-8+;. The molecular formula is C10H24O5Si2. The van der Waals surface area contributed by atoms with Gasteiger partial charge in [-0.05, 0) is 24.3 Å². The second-order valence-electron chi connectivity index (χ2n) is 3.33. The molecule has 0 radical (unpaired) electrons. The molecule has 102 valence electrons. The maximum atomic E-state index is 11.0. The van der Waals surface area contributed by atoms with Gasteiger partial charge in [-0.3, -0.25) is 0 Å². The summed E-state index contributed by atoms with van der Waals surface area (Å²) in [6.07, 6.45) is 1.41. The van der Waals surface area contributed by atoms with Gasteiger partial charge in [0.05, 0.1) is 0 Å². The molecule has 0 bridgehead atoms. The molecule has 0 aromatic heterocycles. The van der Waals surface area contributed by atoms with Crippen LogP contribution in [0.15, 0.2) is 10.8 Å². The van der Waals surface area contributed by atoms with Crippen molar-refractivity contribution in [2.45, 2.75) is 26.7 Å². The van der Waals surface area contributed by atoms with E-state index in [1.54, 1.807) is 6.92 Å². The van der Waals surface area contributed by atoms with E-state index in [0.717, 1.165) is 6.42 Å². The highest BCUT2D eigenvalue weighted by Crippen LogP contribution is 2.25. The van der Waals surface area contributed by atoms with Gasteiger partial charge in [0.15, 0.2) is 0 Å². The third-order valence-corrected chi connectivity index (χ3v) is 5.43. The molecule has 0 aromatic rings. The van der Waals surface area contributed by atoms with Crippen LogP contribution in [-0.2, 0) is 18.1 Å². The summed E-state index contributed by atoms with van der Waals surface area (Å²) in [5.41, 5.74) is 0.249. The predicted octanol–water partition coefficient (Wildman–Crippen LogP) is 0.153. The van der Waals surface area contributed by atoms with E-state index in [1.165, 1.54) is 21.3 Å². The van der Waals surface area contributed by atoms with Crippen molar-refractivity contribution >= 4 is 25.7 Å². The van der Waals surface area contributed by atoms with E-state index in [1.807, 2.05) is 6.92 Å². The zero-order valence-electron chi connectivity index (χ0n) is 10.5. The van der Waals surface area contributed by atoms with Gasteiger partial charge in [0, 0.05) is 32.1 Å². The van der Waals surface area contributed by atoms with Gasteiger partial charge in [-0.15, -0.1) is 0 Å². The molecule has 0 heterocycles. The van der Waals surface area contributed by atoms with E-state index in [2.05, 4.69) is 0 Å². The minimum atomic E-state index is -2.99. The molecule has 0 aliphatic heterocycles. The Labute approximate surface area is 108 Å². The summed E-state index contributed by atoms with van der Waals surface area (Å²) in [4.78, 5) is 11.0. The molecule has 0 atom stereocenters. The third-order valence-electron chi connectivity index (χ3n) is 2.45. The van der Waals surface area contributed by atoms with E-state index in [-0.39, 0.29) is 16.5 Å². The van der Waals surface area contributed by atoms with Gasteiger partial charge in [0.25, 0.3) is 0 Å². The van der Waals surface area contributed by atoms with Crippen molar-refractivity contribution in [3.8, 4) is 0 Å². The molecule has 1 N–H and O–H groups in total. The summed E-state index contributed by atoms with van der Waals surface area (Å²) in [5.74, 6) is -0.966. The summed E-state index contributed by atoms with van der Waals surface area (Å²) < 4.78 is 15.9. The van der Waals surface area contributed by atoms with Crippen LogP contribution in [0, 0.1) is 0 Å². The summed E-state index contributed by atoms with van der Waals surface area (Å²) in [5, 5.41) is 9.66. The monoisotopic (exact) mass is 280 g/mol. The van der Waals surface area contributed by atoms with Crippen LogP contribution in [0.4, 0.5) is 0 Å². The average molecular weight is 280 g/mol. The molecule has 0 saturated heterocycles. The van der Waals surface area contributed by atoms with Gasteiger partial charge in [0.1, 0.15) is 0 Å². The molecule has 0 spiro atoms. The maximum absolute atomic E-state index is 11.0. The molecule has 0 amide bonds. The van der Waals surface area contributed by atoms with Crippen molar-refractivity contribution in [1.82, 2.24) is 0 Å². The lowest BCUT2D eigenvalue weighted by Crippen LogP contribution is -2.46. The van der Waals surface area contributed by atoms with Gasteiger partial charge in [-0.2, -0.15) is 0 Å². The van der Waals surface area contributed by atoms with E-state index in [0.29, 0.717) is 11.6 Å². The second-order valence-corrected chi connectivity index (χ2v) is 6.27. The fourth-order valence-corrected chi connectivity index (χ4v) is 3.93. The minimum absolute atomic E-state index is 0. The lowest BCUT2D eigenvalue weighted by Gasteiger charge is -2.27. The maximum Gasteiger partial charge on any atom is 0.532 e. The second kappa shape index (κ2) is 8.59. The zero-order valence-corrected chi connectivity index (χ0v) is 11.5. The van der Waals surface area contributed by atoms with Crippen LogP contribution in [0.3, 0.4) is 0 Å². The van der Waals surface area contributed by atoms with Crippen molar-refractivity contribution in [2.24, 2.45) is 0 Å². The highest BCUT2D eigenvalue weighted by molar-refractivity contribution is 6.69. The van der Waals surface area contributed by atoms with Gasteiger partial charge < -0.3 is 18.4 Å². The third kappa shape index (κ3) is 4.36. The highest BCUT2D eigenvalue weighted by Gasteiger charge is 2.44. The van der Waals surface area contributed by atoms with Crippen molar-refractivity contribution in [3.05, 3.63) is 10.8 Å². The number of aliphatic carboxylic acids is 1. The van der Waals surface area contributed by atoms with Crippen LogP contribution in [0.25, 0.3) is 0 Å². The first-order valence-electron chi connectivity index (χ1n) is 5.08. The highest BCUT2D eigenvalue weighted by atomic mass is 28.4. The predicted molar refractivity (Wildman–Crippen MR) is 73.4 cm³/mol. The van der Waals surface area contributed by atoms with Crippen LogP contribution in [0.1, 0.15) is 26.7 Å². The largest absolute Gasteiger partial charge is 0.532 e. The Kier molecular flexibility index (Phi) is 9.54. The fourth-order valence-electron chi connectivity index (χ4n) is 1.57. The summed E-state index contributed by atoms with van der Waals surface area (Å²) in [6.45, 7) is 3.52. The Balaban J connectivity index is 0. The van der Waals surface area contributed by atoms with E-state index in [9.17, 15) is 4.79 Å². The molecule has 0 aliphatic carbocycles.